The molecule has 1 N–H and O–H groups in total. The summed E-state index contributed by atoms with van der Waals surface area (Å²) in [4.78, 5) is 13.6. The fourth-order valence-corrected chi connectivity index (χ4v) is 4.18. The summed E-state index contributed by atoms with van der Waals surface area (Å²) in [5.41, 5.74) is 3.15. The lowest BCUT2D eigenvalue weighted by atomic mass is 10.0. The number of carbonyl (C=O) groups excluding carboxylic acids is 1. The van der Waals surface area contributed by atoms with E-state index in [2.05, 4.69) is 47.7 Å². The summed E-state index contributed by atoms with van der Waals surface area (Å²) >= 11 is 3.12. The van der Waals surface area contributed by atoms with E-state index in [0.29, 0.717) is 11.7 Å². The van der Waals surface area contributed by atoms with Gasteiger partial charge in [-0.3, -0.25) is 4.79 Å². The first-order valence-electron chi connectivity index (χ1n) is 8.97. The topological polar surface area (TPSA) is 59.8 Å². The number of nitrogens with one attached hydrogen (secondary N) is 1. The number of hydrogen-bond acceptors (Lipinski definition) is 5. The molecular weight excluding hydrogens is 376 g/mol. The Morgan fingerprint density at radius 1 is 1.26 bits per heavy atom. The molecule has 2 aromatic heterocycles. The molecule has 0 aliphatic carbocycles. The number of nitrogens with zero attached hydrogens (tertiary/aromatic N) is 3. The molecule has 2 heterocycles. The molecule has 1 amide bonds. The zero-order valence-electron chi connectivity index (χ0n) is 16.0. The van der Waals surface area contributed by atoms with Crippen molar-refractivity contribution < 1.29 is 4.79 Å². The van der Waals surface area contributed by atoms with Crippen LogP contribution in [0.25, 0.3) is 11.4 Å². The fraction of sp³-hybridized carbons (Fsp3) is 0.350. The maximum absolute atomic E-state index is 12.2. The second kappa shape index (κ2) is 8.71. The van der Waals surface area contributed by atoms with E-state index in [0.717, 1.165) is 28.7 Å². The highest BCUT2D eigenvalue weighted by Crippen LogP contribution is 2.27. The Morgan fingerprint density at radius 2 is 2.00 bits per heavy atom. The molecule has 142 valence electrons. The molecule has 0 spiro atoms. The number of hydrogen-bond donors (Lipinski definition) is 1. The Morgan fingerprint density at radius 3 is 2.63 bits per heavy atom. The average molecular weight is 401 g/mol. The maximum atomic E-state index is 12.2. The van der Waals surface area contributed by atoms with Crippen molar-refractivity contribution in [2.45, 2.75) is 38.3 Å². The molecule has 3 aromatic rings. The van der Waals surface area contributed by atoms with Crippen molar-refractivity contribution in [3.05, 3.63) is 46.2 Å². The van der Waals surface area contributed by atoms with Crippen LogP contribution >= 0.6 is 23.1 Å². The van der Waals surface area contributed by atoms with Crippen LogP contribution in [-0.2, 0) is 18.3 Å². The molecule has 0 fully saturated rings. The van der Waals surface area contributed by atoms with Gasteiger partial charge in [0.2, 0.25) is 5.91 Å². The highest BCUT2D eigenvalue weighted by Gasteiger charge is 2.14. The van der Waals surface area contributed by atoms with Crippen LogP contribution in [0, 0.1) is 0 Å². The van der Waals surface area contributed by atoms with Gasteiger partial charge in [0.25, 0.3) is 0 Å². The fourth-order valence-electron chi connectivity index (χ4n) is 2.65. The summed E-state index contributed by atoms with van der Waals surface area (Å²) in [5.74, 6) is 1.55. The van der Waals surface area contributed by atoms with Gasteiger partial charge in [-0.1, -0.05) is 44.7 Å². The van der Waals surface area contributed by atoms with Gasteiger partial charge in [0, 0.05) is 28.6 Å². The van der Waals surface area contributed by atoms with E-state index in [4.69, 9.17) is 0 Å². The van der Waals surface area contributed by atoms with Crippen molar-refractivity contribution in [1.82, 2.24) is 14.8 Å². The Bertz CT molecular complexity index is 912. The van der Waals surface area contributed by atoms with E-state index in [1.165, 1.54) is 22.2 Å². The van der Waals surface area contributed by atoms with Crippen LogP contribution < -0.4 is 5.32 Å². The number of amides is 1. The lowest BCUT2D eigenvalue weighted by molar-refractivity contribution is -0.113. The number of rotatable bonds is 7. The number of anilines is 1. The predicted molar refractivity (Wildman–Crippen MR) is 114 cm³/mol. The SMILES string of the molecule is CCc1cc(-c2nnc(SCC(=O)Nc3ccc(C(C)C)cc3)n2C)cs1. The third-order valence-electron chi connectivity index (χ3n) is 4.29. The minimum atomic E-state index is -0.0503. The third kappa shape index (κ3) is 4.78. The molecule has 5 nitrogen and oxygen atoms in total. The number of aryl methyl sites for hydroxylation is 1. The van der Waals surface area contributed by atoms with Crippen LogP contribution in [0.2, 0.25) is 0 Å². The molecule has 0 saturated carbocycles. The van der Waals surface area contributed by atoms with Crippen LogP contribution in [0.1, 0.15) is 37.1 Å². The highest BCUT2D eigenvalue weighted by atomic mass is 32.2. The number of benzene rings is 1. The molecule has 7 heteroatoms. The molecule has 0 aliphatic rings. The third-order valence-corrected chi connectivity index (χ3v) is 6.39. The first-order valence-corrected chi connectivity index (χ1v) is 10.8. The average Bonchev–Trinajstić information content (AvgIpc) is 3.27. The number of thioether (sulfide) groups is 1. The standard InChI is InChI=1S/C20H24N4OS2/c1-5-17-10-15(11-26-17)19-22-23-20(24(19)4)27-12-18(25)21-16-8-6-14(7-9-16)13(2)3/h6-11,13H,5,12H2,1-4H3,(H,21,25). The quantitative estimate of drug-likeness (QED) is 0.570. The van der Waals surface area contributed by atoms with E-state index < -0.39 is 0 Å². The molecule has 0 aliphatic heterocycles. The van der Waals surface area contributed by atoms with E-state index in [9.17, 15) is 4.79 Å². The molecular formula is C20H24N4OS2. The van der Waals surface area contributed by atoms with Gasteiger partial charge >= 0.3 is 0 Å². The Hall–Kier alpha value is -2.12. The monoisotopic (exact) mass is 400 g/mol. The summed E-state index contributed by atoms with van der Waals surface area (Å²) in [6.45, 7) is 6.44. The van der Waals surface area contributed by atoms with Crippen LogP contribution in [0.3, 0.4) is 0 Å². The van der Waals surface area contributed by atoms with Crippen molar-refractivity contribution in [2.24, 2.45) is 7.05 Å². The van der Waals surface area contributed by atoms with Gasteiger partial charge in [-0.2, -0.15) is 0 Å². The van der Waals surface area contributed by atoms with E-state index in [1.807, 2.05) is 35.9 Å². The summed E-state index contributed by atoms with van der Waals surface area (Å²) in [6, 6.07) is 10.1. The summed E-state index contributed by atoms with van der Waals surface area (Å²) in [7, 11) is 1.93. The first-order chi connectivity index (χ1) is 13.0. The van der Waals surface area contributed by atoms with Crippen LogP contribution in [0.15, 0.2) is 40.9 Å². The van der Waals surface area contributed by atoms with Crippen LogP contribution in [0.4, 0.5) is 5.69 Å². The number of thiophene rings is 1. The smallest absolute Gasteiger partial charge is 0.234 e. The maximum Gasteiger partial charge on any atom is 0.234 e. The Labute approximate surface area is 168 Å². The van der Waals surface area contributed by atoms with E-state index in [-0.39, 0.29) is 5.91 Å². The zero-order valence-corrected chi connectivity index (χ0v) is 17.7. The second-order valence-corrected chi connectivity index (χ2v) is 8.57. The molecule has 0 bridgehead atoms. The van der Waals surface area contributed by atoms with Gasteiger partial charge in [-0.25, -0.2) is 0 Å². The minimum absolute atomic E-state index is 0.0503. The van der Waals surface area contributed by atoms with Crippen molar-refractivity contribution >= 4 is 34.7 Å². The van der Waals surface area contributed by atoms with Gasteiger partial charge in [0.15, 0.2) is 11.0 Å². The van der Waals surface area contributed by atoms with Crippen molar-refractivity contribution in [3.63, 3.8) is 0 Å². The zero-order chi connectivity index (χ0) is 19.4. The summed E-state index contributed by atoms with van der Waals surface area (Å²) in [5, 5.41) is 14.3. The lowest BCUT2D eigenvalue weighted by Crippen LogP contribution is -2.14. The predicted octanol–water partition coefficient (Wildman–Crippen LogP) is 4.96. The molecule has 0 radical (unpaired) electrons. The molecule has 27 heavy (non-hydrogen) atoms. The van der Waals surface area contributed by atoms with Crippen molar-refractivity contribution in [3.8, 4) is 11.4 Å². The van der Waals surface area contributed by atoms with Crippen molar-refractivity contribution in [1.29, 1.82) is 0 Å². The van der Waals surface area contributed by atoms with E-state index >= 15 is 0 Å². The molecule has 1 aromatic carbocycles. The second-order valence-electron chi connectivity index (χ2n) is 6.63. The Balaban J connectivity index is 1.59. The van der Waals surface area contributed by atoms with Gasteiger partial charge in [-0.05, 0) is 36.1 Å². The summed E-state index contributed by atoms with van der Waals surface area (Å²) in [6.07, 6.45) is 1.02. The van der Waals surface area contributed by atoms with Crippen molar-refractivity contribution in [2.75, 3.05) is 11.1 Å². The molecule has 0 atom stereocenters. The summed E-state index contributed by atoms with van der Waals surface area (Å²) < 4.78 is 1.94. The normalized spacial score (nSPS) is 11.1. The van der Waals surface area contributed by atoms with E-state index in [1.54, 1.807) is 11.3 Å². The van der Waals surface area contributed by atoms with Gasteiger partial charge in [-0.15, -0.1) is 21.5 Å². The highest BCUT2D eigenvalue weighted by molar-refractivity contribution is 7.99. The van der Waals surface area contributed by atoms with Gasteiger partial charge in [0.05, 0.1) is 5.75 Å². The van der Waals surface area contributed by atoms with Crippen LogP contribution in [0.5, 0.6) is 0 Å². The lowest BCUT2D eigenvalue weighted by Gasteiger charge is -2.08. The number of carbonyl (C=O) groups is 1. The Kier molecular flexibility index (Phi) is 6.34. The first kappa shape index (κ1) is 19.6. The molecule has 0 saturated heterocycles. The largest absolute Gasteiger partial charge is 0.325 e. The number of aromatic nitrogens is 3. The van der Waals surface area contributed by atoms with Gasteiger partial charge < -0.3 is 9.88 Å². The minimum Gasteiger partial charge on any atom is -0.325 e. The molecule has 3 rings (SSSR count). The van der Waals surface area contributed by atoms with Crippen LogP contribution in [-0.4, -0.2) is 26.4 Å². The molecule has 0 unspecified atom stereocenters. The van der Waals surface area contributed by atoms with Gasteiger partial charge in [0.1, 0.15) is 0 Å².